The number of hydrogen-bond acceptors (Lipinski definition) is 6. The fourth-order valence-electron chi connectivity index (χ4n) is 8.13. The van der Waals surface area contributed by atoms with E-state index in [2.05, 4.69) is 82.3 Å². The van der Waals surface area contributed by atoms with E-state index in [0.717, 1.165) is 53.6 Å². The average Bonchev–Trinajstić information content (AvgIpc) is 3.40. The largest absolute Gasteiger partial charge is 0.478 e. The van der Waals surface area contributed by atoms with Crippen LogP contribution in [-0.4, -0.2) is 33.2 Å². The van der Waals surface area contributed by atoms with Gasteiger partial charge in [0.1, 0.15) is 0 Å². The Morgan fingerprint density at radius 2 is 0.708 bits per heavy atom. The Bertz CT molecular complexity index is 3320. The number of carboxylic acid groups (broad SMARTS) is 3. The van der Waals surface area contributed by atoms with Crippen LogP contribution in [0.15, 0.2) is 211 Å². The summed E-state index contributed by atoms with van der Waals surface area (Å²) in [5.41, 5.74) is 11.5. The molecule has 3 N–H and O–H groups in total. The van der Waals surface area contributed by atoms with Crippen LogP contribution in [0.1, 0.15) is 64.5 Å². The number of carboxylic acids is 3. The summed E-state index contributed by atoms with van der Waals surface area (Å²) in [5.74, 6) is -2.95. The van der Waals surface area contributed by atoms with Gasteiger partial charge in [-0.15, -0.1) is 0 Å². The lowest BCUT2D eigenvalue weighted by Crippen LogP contribution is -2.07. The van der Waals surface area contributed by atoms with Gasteiger partial charge in [-0.3, -0.25) is 0 Å². The molecular weight excluding hydrogens is 949 g/mol. The molecule has 0 aliphatic rings. The van der Waals surface area contributed by atoms with E-state index in [9.17, 15) is 29.7 Å². The number of benzene rings is 9. The molecule has 6 nitrogen and oxygen atoms in total. The van der Waals surface area contributed by atoms with Gasteiger partial charge in [0.25, 0.3) is 0 Å². The molecule has 0 aliphatic carbocycles. The van der Waals surface area contributed by atoms with Gasteiger partial charge in [0.2, 0.25) is 0 Å². The lowest BCUT2D eigenvalue weighted by Gasteiger charge is -2.25. The minimum absolute atomic E-state index is 0.182. The van der Waals surface area contributed by atoms with Crippen molar-refractivity contribution in [3.8, 4) is 33.4 Å². The third-order valence-electron chi connectivity index (χ3n) is 12.0. The topological polar surface area (TPSA) is 112 Å². The first kappa shape index (κ1) is 52.3. The minimum atomic E-state index is -1.02. The quantitative estimate of drug-likeness (QED) is 0.110. The molecule has 0 saturated carbocycles. The van der Waals surface area contributed by atoms with Crippen molar-refractivity contribution < 1.29 is 29.7 Å². The minimum Gasteiger partial charge on any atom is -0.478 e. The molecule has 0 heterocycles. The highest BCUT2D eigenvalue weighted by molar-refractivity contribution is 8.00. The molecule has 72 heavy (non-hydrogen) atoms. The van der Waals surface area contributed by atoms with E-state index in [0.29, 0.717) is 16.7 Å². The van der Waals surface area contributed by atoms with E-state index in [1.54, 1.807) is 77.8 Å². The predicted octanol–water partition coefficient (Wildman–Crippen LogP) is 16.9. The summed E-state index contributed by atoms with van der Waals surface area (Å²) in [7, 11) is 0. The Balaban J connectivity index is 0.000000181. The standard InChI is InChI=1S/C32H30O4S.C19H13O2S.C12H8S/c1-17-15-16-18(2)29(19(17)3)37-30-21(5)20(4)27(23-11-7-9-13-25(23)31(33)34)28(22(30)6)24-12-8-10-14-26(24)32(35)36;20-19(21)18-9-5-4-8-17(18)14-10-12-16(13-11-14)22-15-6-2-1-3-7-15;1-3-7-11(8-4-1)13-12-9-5-2-6-10-12/h7-16H,1-6H3,(H,33,34)(H,35,36);2-13H,(H,20,21);3-10H. The van der Waals surface area contributed by atoms with Crippen LogP contribution in [0.5, 0.6) is 0 Å². The second-order valence-electron chi connectivity index (χ2n) is 16.7. The number of aromatic carboxylic acids is 3. The van der Waals surface area contributed by atoms with Crippen LogP contribution in [0.25, 0.3) is 33.4 Å². The smallest absolute Gasteiger partial charge is 0.336 e. The molecule has 9 aromatic rings. The van der Waals surface area contributed by atoms with Gasteiger partial charge < -0.3 is 15.3 Å². The number of aryl methyl sites for hydroxylation is 2. The van der Waals surface area contributed by atoms with Crippen LogP contribution in [0, 0.1) is 59.7 Å². The molecule has 0 bridgehead atoms. The number of rotatable bonds is 12. The number of hydrogen-bond donors (Lipinski definition) is 3. The van der Waals surface area contributed by atoms with Crippen molar-refractivity contribution in [2.24, 2.45) is 0 Å². The average molecular weight is 1000 g/mol. The van der Waals surface area contributed by atoms with Crippen molar-refractivity contribution in [1.29, 1.82) is 0 Å². The third kappa shape index (κ3) is 12.7. The maximum atomic E-state index is 12.3. The van der Waals surface area contributed by atoms with Crippen LogP contribution in [0.3, 0.4) is 0 Å². The second kappa shape index (κ2) is 24.5. The van der Waals surface area contributed by atoms with Gasteiger partial charge in [-0.1, -0.05) is 151 Å². The van der Waals surface area contributed by atoms with Crippen molar-refractivity contribution in [2.75, 3.05) is 0 Å². The number of carbonyl (C=O) groups is 3. The second-order valence-corrected chi connectivity index (χ2v) is 20.0. The molecule has 0 spiro atoms. The van der Waals surface area contributed by atoms with Crippen molar-refractivity contribution in [2.45, 2.75) is 70.9 Å². The van der Waals surface area contributed by atoms with Crippen molar-refractivity contribution in [3.63, 3.8) is 0 Å². The predicted molar refractivity (Wildman–Crippen MR) is 293 cm³/mol. The first-order valence-electron chi connectivity index (χ1n) is 22.9. The molecule has 0 aliphatic heterocycles. The molecule has 0 atom stereocenters. The molecule has 9 heteroatoms. The fraction of sp³-hybridized carbons (Fsp3) is 0.0952. The summed E-state index contributed by atoms with van der Waals surface area (Å²) in [6.07, 6.45) is 0. The molecular formula is C63H51O6S3. The van der Waals surface area contributed by atoms with Gasteiger partial charge in [0.15, 0.2) is 0 Å². The zero-order chi connectivity index (χ0) is 51.3. The Kier molecular flexibility index (Phi) is 17.8. The summed E-state index contributed by atoms with van der Waals surface area (Å²) < 4.78 is 0. The van der Waals surface area contributed by atoms with E-state index < -0.39 is 17.9 Å². The Hall–Kier alpha value is -7.56. The van der Waals surface area contributed by atoms with E-state index in [1.165, 1.54) is 31.4 Å². The molecule has 3 radical (unpaired) electrons. The highest BCUT2D eigenvalue weighted by Gasteiger charge is 2.26. The van der Waals surface area contributed by atoms with E-state index >= 15 is 0 Å². The maximum absolute atomic E-state index is 12.3. The summed E-state index contributed by atoms with van der Waals surface area (Å²) in [4.78, 5) is 42.8. The Morgan fingerprint density at radius 3 is 1.14 bits per heavy atom. The van der Waals surface area contributed by atoms with Crippen molar-refractivity contribution in [3.05, 3.63) is 250 Å². The Morgan fingerprint density at radius 1 is 0.347 bits per heavy atom. The molecule has 9 aromatic carbocycles. The lowest BCUT2D eigenvalue weighted by molar-refractivity contribution is 0.0686. The van der Waals surface area contributed by atoms with Gasteiger partial charge in [-0.2, -0.15) is 0 Å². The first-order chi connectivity index (χ1) is 34.7. The third-order valence-corrected chi connectivity index (χ3v) is 15.7. The van der Waals surface area contributed by atoms with Gasteiger partial charge in [-0.25, -0.2) is 14.4 Å². The first-order valence-corrected chi connectivity index (χ1v) is 25.4. The van der Waals surface area contributed by atoms with E-state index in [4.69, 9.17) is 0 Å². The summed E-state index contributed by atoms with van der Waals surface area (Å²) in [6.45, 7) is 12.4. The van der Waals surface area contributed by atoms with Gasteiger partial charge >= 0.3 is 17.9 Å². The molecule has 0 unspecified atom stereocenters. The van der Waals surface area contributed by atoms with Crippen molar-refractivity contribution >= 4 is 53.2 Å². The van der Waals surface area contributed by atoms with E-state index in [1.807, 2.05) is 117 Å². The Labute approximate surface area is 434 Å². The van der Waals surface area contributed by atoms with Crippen LogP contribution < -0.4 is 0 Å². The fourth-order valence-corrected chi connectivity index (χ4v) is 11.1. The molecule has 9 rings (SSSR count). The van der Waals surface area contributed by atoms with E-state index in [-0.39, 0.29) is 11.1 Å². The van der Waals surface area contributed by atoms with Gasteiger partial charge in [-0.05, 0) is 193 Å². The zero-order valence-corrected chi connectivity index (χ0v) is 43.1. The summed E-state index contributed by atoms with van der Waals surface area (Å²) >= 11 is 5.11. The van der Waals surface area contributed by atoms with Gasteiger partial charge in [0.05, 0.1) is 16.7 Å². The highest BCUT2D eigenvalue weighted by Crippen LogP contribution is 2.48. The molecule has 0 aromatic heterocycles. The molecule has 357 valence electrons. The van der Waals surface area contributed by atoms with Crippen LogP contribution in [0.2, 0.25) is 0 Å². The molecule has 0 fully saturated rings. The molecule has 0 saturated heterocycles. The van der Waals surface area contributed by atoms with Crippen LogP contribution in [0.4, 0.5) is 0 Å². The van der Waals surface area contributed by atoms with Crippen molar-refractivity contribution in [1.82, 2.24) is 0 Å². The zero-order valence-electron chi connectivity index (χ0n) is 40.6. The SMILES string of the molecule is Cc1ccc(C)c(Sc2c(C)c(C)c(-c3ccccc3C(=O)O)c(-c3ccccc3C(=O)O)c2C)c1C.O=C(O)c1ccccc1-c1ccc(Sc2cc[c]cc2)cc1.[c]1ccc(Sc2cc[c]cc2)cc1. The van der Waals surface area contributed by atoms with Crippen LogP contribution >= 0.6 is 35.3 Å². The van der Waals surface area contributed by atoms with Gasteiger partial charge in [0, 0.05) is 29.4 Å². The lowest BCUT2D eigenvalue weighted by atomic mass is 9.82. The molecule has 0 amide bonds. The summed E-state index contributed by atoms with van der Waals surface area (Å²) in [6, 6.07) is 65.8. The monoisotopic (exact) mass is 999 g/mol. The summed E-state index contributed by atoms with van der Waals surface area (Å²) in [5, 5.41) is 29.3. The normalized spacial score (nSPS) is 10.6. The highest BCUT2D eigenvalue weighted by atomic mass is 32.2. The van der Waals surface area contributed by atoms with Crippen LogP contribution in [-0.2, 0) is 0 Å². The maximum Gasteiger partial charge on any atom is 0.336 e.